The summed E-state index contributed by atoms with van der Waals surface area (Å²) in [5, 5.41) is 0. The van der Waals surface area contributed by atoms with E-state index in [1.54, 1.807) is 0 Å². The highest BCUT2D eigenvalue weighted by Gasteiger charge is 2.19. The minimum absolute atomic E-state index is 0.126. The predicted octanol–water partition coefficient (Wildman–Crippen LogP) is 2.30. The van der Waals surface area contributed by atoms with E-state index in [0.717, 1.165) is 11.3 Å². The van der Waals surface area contributed by atoms with Crippen LogP contribution in [-0.4, -0.2) is 37.5 Å². The largest absolute Gasteiger partial charge is 0.468 e. The molecule has 0 bridgehead atoms. The van der Waals surface area contributed by atoms with E-state index in [2.05, 4.69) is 4.74 Å². The summed E-state index contributed by atoms with van der Waals surface area (Å²) in [6.07, 6.45) is 0. The van der Waals surface area contributed by atoms with Crippen molar-refractivity contribution in [2.75, 3.05) is 20.7 Å². The Bertz CT molecular complexity index is 419. The molecule has 16 heavy (non-hydrogen) atoms. The maximum Gasteiger partial charge on any atom is 0.325 e. The number of carbonyl (C=O) groups is 2. The second-order valence-corrected chi connectivity index (χ2v) is 5.26. The molecule has 0 N–H and O–H groups in total. The van der Waals surface area contributed by atoms with E-state index in [9.17, 15) is 9.59 Å². The molecule has 0 spiro atoms. The molecule has 0 aliphatic heterocycles. The molecule has 0 fully saturated rings. The zero-order valence-electron chi connectivity index (χ0n) is 8.62. The minimum atomic E-state index is -0.492. The lowest BCUT2D eigenvalue weighted by Crippen LogP contribution is -2.32. The Morgan fingerprint density at radius 1 is 1.50 bits per heavy atom. The van der Waals surface area contributed by atoms with Gasteiger partial charge in [-0.2, -0.15) is 0 Å². The molecule has 0 saturated carbocycles. The van der Waals surface area contributed by atoms with Crippen LogP contribution in [0.2, 0.25) is 8.67 Å². The van der Waals surface area contributed by atoms with Crippen LogP contribution in [0.15, 0.2) is 6.07 Å². The van der Waals surface area contributed by atoms with Crippen LogP contribution >= 0.6 is 34.5 Å². The maximum absolute atomic E-state index is 11.8. The van der Waals surface area contributed by atoms with Crippen molar-refractivity contribution < 1.29 is 14.3 Å². The Kier molecular flexibility index (Phi) is 4.58. The average Bonchev–Trinajstić information content (AvgIpc) is 2.56. The van der Waals surface area contributed by atoms with Crippen LogP contribution in [0.1, 0.15) is 10.4 Å². The smallest absolute Gasteiger partial charge is 0.325 e. The molecule has 1 rings (SSSR count). The van der Waals surface area contributed by atoms with Gasteiger partial charge in [0.1, 0.15) is 10.9 Å². The molecule has 0 saturated heterocycles. The molecule has 0 aliphatic carbocycles. The molecule has 1 aromatic heterocycles. The lowest BCUT2D eigenvalue weighted by atomic mass is 10.3. The highest BCUT2D eigenvalue weighted by atomic mass is 35.5. The SMILES string of the molecule is COC(=O)CN(C)C(=O)c1cc(Cl)sc1Cl. The number of ether oxygens (including phenoxy) is 1. The van der Waals surface area contributed by atoms with Gasteiger partial charge in [-0.3, -0.25) is 9.59 Å². The molecule has 0 aliphatic rings. The van der Waals surface area contributed by atoms with Crippen LogP contribution in [0.25, 0.3) is 0 Å². The Morgan fingerprint density at radius 2 is 2.12 bits per heavy atom. The summed E-state index contributed by atoms with van der Waals surface area (Å²) in [6.45, 7) is -0.126. The van der Waals surface area contributed by atoms with E-state index in [-0.39, 0.29) is 12.5 Å². The van der Waals surface area contributed by atoms with Crippen molar-refractivity contribution in [2.45, 2.75) is 0 Å². The number of halogens is 2. The quantitative estimate of drug-likeness (QED) is 0.799. The van der Waals surface area contributed by atoms with Crippen molar-refractivity contribution >= 4 is 46.4 Å². The minimum Gasteiger partial charge on any atom is -0.468 e. The number of hydrogen-bond acceptors (Lipinski definition) is 4. The fourth-order valence-electron chi connectivity index (χ4n) is 1.02. The molecule has 1 heterocycles. The monoisotopic (exact) mass is 281 g/mol. The Labute approximate surface area is 107 Å². The summed E-state index contributed by atoms with van der Waals surface area (Å²) in [5.41, 5.74) is 0.295. The van der Waals surface area contributed by atoms with Crippen molar-refractivity contribution in [3.8, 4) is 0 Å². The van der Waals surface area contributed by atoms with Crippen LogP contribution in [0, 0.1) is 0 Å². The first-order chi connectivity index (χ1) is 7.45. The number of thiophene rings is 1. The molecular formula is C9H9Cl2NO3S. The summed E-state index contributed by atoms with van der Waals surface area (Å²) in [7, 11) is 2.75. The Hall–Kier alpha value is -0.780. The van der Waals surface area contributed by atoms with E-state index in [1.165, 1.54) is 25.1 Å². The molecule has 1 aromatic rings. The summed E-state index contributed by atoms with van der Waals surface area (Å²) in [4.78, 5) is 24.0. The number of carbonyl (C=O) groups excluding carboxylic acids is 2. The second kappa shape index (κ2) is 5.52. The molecule has 0 radical (unpaired) electrons. The van der Waals surface area contributed by atoms with Crippen molar-refractivity contribution in [3.05, 3.63) is 20.3 Å². The molecule has 0 aromatic carbocycles. The molecule has 0 unspecified atom stereocenters. The molecule has 88 valence electrons. The Balaban J connectivity index is 2.78. The first kappa shape index (κ1) is 13.3. The van der Waals surface area contributed by atoms with Crippen molar-refractivity contribution in [3.63, 3.8) is 0 Å². The zero-order chi connectivity index (χ0) is 12.3. The molecule has 1 amide bonds. The van der Waals surface area contributed by atoms with Gasteiger partial charge in [0.25, 0.3) is 5.91 Å². The molecule has 0 atom stereocenters. The standard InChI is InChI=1S/C9H9Cl2NO3S/c1-12(4-7(13)15-2)9(14)5-3-6(10)16-8(5)11/h3H,4H2,1-2H3. The number of amides is 1. The van der Waals surface area contributed by atoms with E-state index in [1.807, 2.05) is 0 Å². The van der Waals surface area contributed by atoms with Gasteiger partial charge in [-0.05, 0) is 6.07 Å². The number of nitrogens with zero attached hydrogens (tertiary/aromatic N) is 1. The van der Waals surface area contributed by atoms with Gasteiger partial charge in [0, 0.05) is 7.05 Å². The van der Waals surface area contributed by atoms with Crippen LogP contribution in [0.3, 0.4) is 0 Å². The predicted molar refractivity (Wildman–Crippen MR) is 63.3 cm³/mol. The van der Waals surface area contributed by atoms with E-state index in [4.69, 9.17) is 23.2 Å². The lowest BCUT2D eigenvalue weighted by Gasteiger charge is -2.14. The van der Waals surface area contributed by atoms with Gasteiger partial charge >= 0.3 is 5.97 Å². The average molecular weight is 282 g/mol. The Morgan fingerprint density at radius 3 is 2.56 bits per heavy atom. The number of methoxy groups -OCH3 is 1. The number of likely N-dealkylation sites (N-methyl/N-ethyl adjacent to an activating group) is 1. The fourth-order valence-corrected chi connectivity index (χ4v) is 2.47. The molecular weight excluding hydrogens is 273 g/mol. The van der Waals surface area contributed by atoms with Crippen LogP contribution in [0.4, 0.5) is 0 Å². The number of hydrogen-bond donors (Lipinski definition) is 0. The third kappa shape index (κ3) is 3.10. The zero-order valence-corrected chi connectivity index (χ0v) is 10.9. The van der Waals surface area contributed by atoms with Crippen molar-refractivity contribution in [1.29, 1.82) is 0 Å². The topological polar surface area (TPSA) is 46.6 Å². The van der Waals surface area contributed by atoms with Crippen molar-refractivity contribution in [1.82, 2.24) is 4.90 Å². The van der Waals surface area contributed by atoms with Gasteiger partial charge < -0.3 is 9.64 Å². The van der Waals surface area contributed by atoms with Gasteiger partial charge in [-0.15, -0.1) is 11.3 Å². The normalized spacial score (nSPS) is 10.0. The van der Waals surface area contributed by atoms with E-state index < -0.39 is 5.97 Å². The summed E-state index contributed by atoms with van der Waals surface area (Å²) in [5.74, 6) is -0.855. The first-order valence-corrected chi connectivity index (χ1v) is 5.80. The van der Waals surface area contributed by atoms with E-state index >= 15 is 0 Å². The van der Waals surface area contributed by atoms with Crippen LogP contribution < -0.4 is 0 Å². The lowest BCUT2D eigenvalue weighted by molar-refractivity contribution is -0.141. The third-order valence-electron chi connectivity index (χ3n) is 1.83. The van der Waals surface area contributed by atoms with Gasteiger partial charge in [-0.25, -0.2) is 0 Å². The fraction of sp³-hybridized carbons (Fsp3) is 0.333. The van der Waals surface area contributed by atoms with Crippen molar-refractivity contribution in [2.24, 2.45) is 0 Å². The summed E-state index contributed by atoms with van der Waals surface area (Å²) >= 11 is 12.7. The van der Waals surface area contributed by atoms with Crippen LogP contribution in [0.5, 0.6) is 0 Å². The van der Waals surface area contributed by atoms with Gasteiger partial charge in [0.2, 0.25) is 0 Å². The van der Waals surface area contributed by atoms with Gasteiger partial charge in [0.15, 0.2) is 0 Å². The summed E-state index contributed by atoms with van der Waals surface area (Å²) in [6, 6.07) is 1.48. The highest BCUT2D eigenvalue weighted by molar-refractivity contribution is 7.20. The van der Waals surface area contributed by atoms with Gasteiger partial charge in [-0.1, -0.05) is 23.2 Å². The first-order valence-electron chi connectivity index (χ1n) is 4.22. The highest BCUT2D eigenvalue weighted by Crippen LogP contribution is 2.31. The summed E-state index contributed by atoms with van der Waals surface area (Å²) < 4.78 is 5.20. The number of esters is 1. The third-order valence-corrected chi connectivity index (χ3v) is 3.32. The van der Waals surface area contributed by atoms with Crippen LogP contribution in [-0.2, 0) is 9.53 Å². The molecule has 7 heteroatoms. The van der Waals surface area contributed by atoms with E-state index in [0.29, 0.717) is 14.2 Å². The van der Waals surface area contributed by atoms with Gasteiger partial charge in [0.05, 0.1) is 17.0 Å². The maximum atomic E-state index is 11.8. The number of rotatable bonds is 3. The molecule has 4 nitrogen and oxygen atoms in total. The second-order valence-electron chi connectivity index (χ2n) is 2.98.